The summed E-state index contributed by atoms with van der Waals surface area (Å²) in [4.78, 5) is 37.8. The van der Waals surface area contributed by atoms with Gasteiger partial charge in [0.2, 0.25) is 0 Å². The molecule has 6 heteroatoms. The van der Waals surface area contributed by atoms with E-state index in [4.69, 9.17) is 14.2 Å². The Morgan fingerprint density at radius 3 is 0.891 bits per heavy atom. The molecule has 0 fully saturated rings. The smallest absolute Gasteiger partial charge is 0.306 e. The average Bonchev–Trinajstić information content (AvgIpc) is 3.15. The van der Waals surface area contributed by atoms with Crippen LogP contribution >= 0.6 is 0 Å². The van der Waals surface area contributed by atoms with Crippen LogP contribution in [0.25, 0.3) is 0 Å². The van der Waals surface area contributed by atoms with Gasteiger partial charge in [-0.05, 0) is 31.1 Å². The first-order valence-electron chi connectivity index (χ1n) is 24.2. The molecular formula is C49H94O6. The fourth-order valence-corrected chi connectivity index (χ4v) is 7.28. The van der Waals surface area contributed by atoms with Crippen LogP contribution in [-0.4, -0.2) is 37.2 Å². The monoisotopic (exact) mass is 779 g/mol. The first kappa shape index (κ1) is 53.4. The van der Waals surface area contributed by atoms with Crippen molar-refractivity contribution in [2.24, 2.45) is 11.8 Å². The molecule has 0 aliphatic rings. The van der Waals surface area contributed by atoms with Gasteiger partial charge in [-0.25, -0.2) is 0 Å². The highest BCUT2D eigenvalue weighted by atomic mass is 16.6. The molecule has 6 nitrogen and oxygen atoms in total. The number of ether oxygens (including phenoxy) is 3. The van der Waals surface area contributed by atoms with Gasteiger partial charge in [0.05, 0.1) is 0 Å². The van der Waals surface area contributed by atoms with E-state index >= 15 is 0 Å². The Bertz CT molecular complexity index is 839. The summed E-state index contributed by atoms with van der Waals surface area (Å²) >= 11 is 0. The van der Waals surface area contributed by atoms with Gasteiger partial charge in [0.25, 0.3) is 0 Å². The normalized spacial score (nSPS) is 12.1. The molecule has 0 aliphatic carbocycles. The first-order chi connectivity index (χ1) is 26.7. The number of carbonyl (C=O) groups excluding carboxylic acids is 3. The molecule has 0 aromatic heterocycles. The van der Waals surface area contributed by atoms with Crippen LogP contribution < -0.4 is 0 Å². The predicted molar refractivity (Wildman–Crippen MR) is 233 cm³/mol. The highest BCUT2D eigenvalue weighted by Gasteiger charge is 2.19. The molecule has 0 amide bonds. The predicted octanol–water partition coefficient (Wildman–Crippen LogP) is 15.4. The third-order valence-corrected chi connectivity index (χ3v) is 11.0. The number of esters is 3. The third-order valence-electron chi connectivity index (χ3n) is 11.0. The zero-order valence-corrected chi connectivity index (χ0v) is 37.6. The summed E-state index contributed by atoms with van der Waals surface area (Å²) in [6.07, 6.45) is 41.0. The van der Waals surface area contributed by atoms with Crippen molar-refractivity contribution in [2.75, 3.05) is 13.2 Å². The third kappa shape index (κ3) is 43.4. The molecule has 0 saturated carbocycles. The van der Waals surface area contributed by atoms with Gasteiger partial charge in [-0.2, -0.15) is 0 Å². The number of rotatable bonds is 43. The van der Waals surface area contributed by atoms with Crippen molar-refractivity contribution in [1.29, 1.82) is 0 Å². The number of hydrogen-bond acceptors (Lipinski definition) is 6. The minimum Gasteiger partial charge on any atom is -0.462 e. The second-order valence-electron chi connectivity index (χ2n) is 17.7. The average molecular weight is 779 g/mol. The molecule has 0 aromatic carbocycles. The lowest BCUT2D eigenvalue weighted by Crippen LogP contribution is -2.30. The summed E-state index contributed by atoms with van der Waals surface area (Å²) in [6, 6.07) is 0. The molecule has 0 rings (SSSR count). The topological polar surface area (TPSA) is 78.9 Å². The molecule has 0 N–H and O–H groups in total. The maximum Gasteiger partial charge on any atom is 0.306 e. The first-order valence-corrected chi connectivity index (χ1v) is 24.2. The molecule has 326 valence electrons. The summed E-state index contributed by atoms with van der Waals surface area (Å²) in [5, 5.41) is 0. The lowest BCUT2D eigenvalue weighted by atomic mass is 10.0. The standard InChI is InChI=1S/C49H94O6/c1-6-7-8-9-10-11-12-13-14-17-20-23-29-34-39-47(50)53-42-46(55-49(52)41-36-31-26-25-28-33-38-45(4)5)43-54-48(51)40-35-30-24-21-18-15-16-19-22-27-32-37-44(2)3/h44-46H,6-43H2,1-5H3/t46-/m0/s1. The lowest BCUT2D eigenvalue weighted by Gasteiger charge is -2.18. The molecule has 0 radical (unpaired) electrons. The second-order valence-corrected chi connectivity index (χ2v) is 17.7. The number of carbonyl (C=O) groups is 3. The molecule has 0 bridgehead atoms. The highest BCUT2D eigenvalue weighted by molar-refractivity contribution is 5.71. The van der Waals surface area contributed by atoms with E-state index in [9.17, 15) is 14.4 Å². The van der Waals surface area contributed by atoms with Crippen molar-refractivity contribution in [3.05, 3.63) is 0 Å². The summed E-state index contributed by atoms with van der Waals surface area (Å²) in [7, 11) is 0. The van der Waals surface area contributed by atoms with E-state index in [1.54, 1.807) is 0 Å². The van der Waals surface area contributed by atoms with Crippen molar-refractivity contribution in [3.63, 3.8) is 0 Å². The van der Waals surface area contributed by atoms with Crippen molar-refractivity contribution in [3.8, 4) is 0 Å². The zero-order chi connectivity index (χ0) is 40.5. The van der Waals surface area contributed by atoms with Crippen LogP contribution in [0.15, 0.2) is 0 Å². The van der Waals surface area contributed by atoms with E-state index < -0.39 is 6.10 Å². The van der Waals surface area contributed by atoms with Crippen LogP contribution in [0.2, 0.25) is 0 Å². The van der Waals surface area contributed by atoms with E-state index in [2.05, 4.69) is 34.6 Å². The quantitative estimate of drug-likeness (QED) is 0.0348. The van der Waals surface area contributed by atoms with E-state index in [0.717, 1.165) is 69.6 Å². The van der Waals surface area contributed by atoms with Crippen LogP contribution in [0.3, 0.4) is 0 Å². The molecule has 55 heavy (non-hydrogen) atoms. The van der Waals surface area contributed by atoms with Crippen LogP contribution in [0, 0.1) is 11.8 Å². The van der Waals surface area contributed by atoms with Gasteiger partial charge in [-0.3, -0.25) is 14.4 Å². The minimum atomic E-state index is -0.761. The zero-order valence-electron chi connectivity index (χ0n) is 37.6. The summed E-state index contributed by atoms with van der Waals surface area (Å²) in [5.41, 5.74) is 0. The molecule has 0 spiro atoms. The summed E-state index contributed by atoms with van der Waals surface area (Å²) in [5.74, 6) is 0.728. The van der Waals surface area contributed by atoms with Gasteiger partial charge in [0.15, 0.2) is 6.10 Å². The molecule has 0 unspecified atom stereocenters. The number of unbranched alkanes of at least 4 members (excludes halogenated alkanes) is 28. The van der Waals surface area contributed by atoms with Crippen LogP contribution in [0.4, 0.5) is 0 Å². The Kier molecular flexibility index (Phi) is 40.8. The van der Waals surface area contributed by atoms with Gasteiger partial charge in [0, 0.05) is 19.3 Å². The number of hydrogen-bond donors (Lipinski definition) is 0. The van der Waals surface area contributed by atoms with E-state index in [1.807, 2.05) is 0 Å². The van der Waals surface area contributed by atoms with Crippen LogP contribution in [0.5, 0.6) is 0 Å². The van der Waals surface area contributed by atoms with E-state index in [-0.39, 0.29) is 31.1 Å². The maximum atomic E-state index is 12.7. The van der Waals surface area contributed by atoms with Gasteiger partial charge in [0.1, 0.15) is 13.2 Å². The van der Waals surface area contributed by atoms with Crippen LogP contribution in [0.1, 0.15) is 266 Å². The molecule has 1 atom stereocenters. The SMILES string of the molecule is CCCCCCCCCCCCCCCCC(=O)OC[C@@H](COC(=O)CCCCCCCCCCCCCC(C)C)OC(=O)CCCCCCCCC(C)C. The Labute approximate surface area is 342 Å². The Hall–Kier alpha value is -1.59. The van der Waals surface area contributed by atoms with Crippen molar-refractivity contribution >= 4 is 17.9 Å². The van der Waals surface area contributed by atoms with Gasteiger partial charge in [-0.15, -0.1) is 0 Å². The fourth-order valence-electron chi connectivity index (χ4n) is 7.28. The molecule has 0 aromatic rings. The second kappa shape index (κ2) is 42.0. The summed E-state index contributed by atoms with van der Waals surface area (Å²) < 4.78 is 16.7. The van der Waals surface area contributed by atoms with Gasteiger partial charge < -0.3 is 14.2 Å². The highest BCUT2D eigenvalue weighted by Crippen LogP contribution is 2.17. The van der Waals surface area contributed by atoms with E-state index in [1.165, 1.54) is 154 Å². The minimum absolute atomic E-state index is 0.0652. The fraction of sp³-hybridized carbons (Fsp3) is 0.939. The van der Waals surface area contributed by atoms with Crippen LogP contribution in [-0.2, 0) is 28.6 Å². The molecule has 0 saturated heterocycles. The summed E-state index contributed by atoms with van der Waals surface area (Å²) in [6.45, 7) is 11.3. The Morgan fingerprint density at radius 1 is 0.345 bits per heavy atom. The molecule has 0 heterocycles. The van der Waals surface area contributed by atoms with E-state index in [0.29, 0.717) is 19.3 Å². The Balaban J connectivity index is 4.28. The molecular weight excluding hydrogens is 685 g/mol. The van der Waals surface area contributed by atoms with Gasteiger partial charge in [-0.1, -0.05) is 227 Å². The Morgan fingerprint density at radius 2 is 0.600 bits per heavy atom. The molecule has 0 aliphatic heterocycles. The van der Waals surface area contributed by atoms with Gasteiger partial charge >= 0.3 is 17.9 Å². The largest absolute Gasteiger partial charge is 0.462 e. The van der Waals surface area contributed by atoms with Crippen molar-refractivity contribution in [2.45, 2.75) is 272 Å². The maximum absolute atomic E-state index is 12.7. The van der Waals surface area contributed by atoms with Crippen molar-refractivity contribution in [1.82, 2.24) is 0 Å². The van der Waals surface area contributed by atoms with Crippen molar-refractivity contribution < 1.29 is 28.6 Å². The lowest BCUT2D eigenvalue weighted by molar-refractivity contribution is -0.167.